The van der Waals surface area contributed by atoms with E-state index in [0.717, 1.165) is 11.1 Å². The molecule has 0 fully saturated rings. The lowest BCUT2D eigenvalue weighted by Gasteiger charge is -2.05. The molecule has 6 nitrogen and oxygen atoms in total. The number of hydrogen-bond acceptors (Lipinski definition) is 4. The van der Waals surface area contributed by atoms with E-state index in [1.54, 1.807) is 42.5 Å². The molecule has 0 unspecified atom stereocenters. The number of carbonyl (C=O) groups is 2. The Kier molecular flexibility index (Phi) is 7.95. The van der Waals surface area contributed by atoms with Gasteiger partial charge < -0.3 is 10.6 Å². The number of sulfone groups is 1. The van der Waals surface area contributed by atoms with E-state index in [2.05, 4.69) is 10.6 Å². The third kappa shape index (κ3) is 8.18. The summed E-state index contributed by atoms with van der Waals surface area (Å²) in [6, 6.07) is 16.1. The van der Waals surface area contributed by atoms with Gasteiger partial charge in [0.2, 0.25) is 11.8 Å². The Morgan fingerprint density at radius 1 is 1.00 bits per heavy atom. The predicted octanol–water partition coefficient (Wildman–Crippen LogP) is 2.78. The lowest BCUT2D eigenvalue weighted by atomic mass is 10.2. The molecule has 0 saturated heterocycles. The molecular formula is C21H24N2O4S. The van der Waals surface area contributed by atoms with Crippen molar-refractivity contribution in [2.24, 2.45) is 0 Å². The number of carbonyl (C=O) groups excluding carboxylic acids is 2. The lowest BCUT2D eigenvalue weighted by molar-refractivity contribution is -0.116. The number of nitrogens with one attached hydrogen (secondary N) is 2. The molecule has 2 aromatic rings. The maximum absolute atomic E-state index is 12.1. The van der Waals surface area contributed by atoms with E-state index >= 15 is 0 Å². The molecule has 0 saturated carbocycles. The number of rotatable bonds is 9. The molecule has 0 aliphatic rings. The van der Waals surface area contributed by atoms with Gasteiger partial charge in [-0.25, -0.2) is 8.42 Å². The summed E-state index contributed by atoms with van der Waals surface area (Å²) in [6.45, 7) is 1.73. The number of anilines is 1. The molecule has 0 atom stereocenters. The Balaban J connectivity index is 1.72. The van der Waals surface area contributed by atoms with Gasteiger partial charge in [0.1, 0.15) is 0 Å². The SMILES string of the molecule is CC(=O)Nc1ccc(C=CC(=O)NCCCS(=O)(=O)Cc2ccccc2)cc1. The normalized spacial score (nSPS) is 11.3. The van der Waals surface area contributed by atoms with Crippen LogP contribution in [0.1, 0.15) is 24.5 Å². The minimum atomic E-state index is -3.20. The molecule has 7 heteroatoms. The Morgan fingerprint density at radius 2 is 1.68 bits per heavy atom. The minimum absolute atomic E-state index is 0.0101. The van der Waals surface area contributed by atoms with Crippen LogP contribution in [-0.2, 0) is 25.2 Å². The molecule has 0 aromatic heterocycles. The van der Waals surface area contributed by atoms with Gasteiger partial charge in [-0.15, -0.1) is 0 Å². The molecule has 0 bridgehead atoms. The summed E-state index contributed by atoms with van der Waals surface area (Å²) in [6.07, 6.45) is 3.41. The molecule has 0 aliphatic carbocycles. The first kappa shape index (κ1) is 21.4. The van der Waals surface area contributed by atoms with Gasteiger partial charge in [-0.1, -0.05) is 42.5 Å². The Hall–Kier alpha value is -2.93. The van der Waals surface area contributed by atoms with E-state index in [1.807, 2.05) is 18.2 Å². The summed E-state index contributed by atoms with van der Waals surface area (Å²) in [5, 5.41) is 5.35. The third-order valence-electron chi connectivity index (χ3n) is 3.82. The zero-order chi connectivity index (χ0) is 20.4. The molecule has 2 rings (SSSR count). The molecule has 0 heterocycles. The van der Waals surface area contributed by atoms with Crippen LogP contribution >= 0.6 is 0 Å². The van der Waals surface area contributed by atoms with E-state index < -0.39 is 9.84 Å². The summed E-state index contributed by atoms with van der Waals surface area (Å²) in [4.78, 5) is 22.8. The quantitative estimate of drug-likeness (QED) is 0.500. The Labute approximate surface area is 165 Å². The van der Waals surface area contributed by atoms with Crippen molar-refractivity contribution in [3.05, 3.63) is 71.8 Å². The van der Waals surface area contributed by atoms with Gasteiger partial charge in [-0.05, 0) is 35.8 Å². The van der Waals surface area contributed by atoms with E-state index in [4.69, 9.17) is 0 Å². The summed E-state index contributed by atoms with van der Waals surface area (Å²) < 4.78 is 24.2. The van der Waals surface area contributed by atoms with Crippen molar-refractivity contribution < 1.29 is 18.0 Å². The Morgan fingerprint density at radius 3 is 2.32 bits per heavy atom. The van der Waals surface area contributed by atoms with Crippen LogP contribution in [0.2, 0.25) is 0 Å². The zero-order valence-corrected chi connectivity index (χ0v) is 16.5. The molecule has 2 aromatic carbocycles. The summed E-state index contributed by atoms with van der Waals surface area (Å²) in [7, 11) is -3.20. The fourth-order valence-electron chi connectivity index (χ4n) is 2.52. The largest absolute Gasteiger partial charge is 0.353 e. The van der Waals surface area contributed by atoms with Crippen LogP contribution in [-0.4, -0.2) is 32.5 Å². The van der Waals surface area contributed by atoms with Gasteiger partial charge in [0.05, 0.1) is 11.5 Å². The van der Waals surface area contributed by atoms with Crippen LogP contribution in [0.3, 0.4) is 0 Å². The Bertz CT molecular complexity index is 921. The van der Waals surface area contributed by atoms with Crippen molar-refractivity contribution in [2.45, 2.75) is 19.1 Å². The van der Waals surface area contributed by atoms with Crippen LogP contribution in [0.15, 0.2) is 60.7 Å². The average Bonchev–Trinajstić information content (AvgIpc) is 2.65. The highest BCUT2D eigenvalue weighted by atomic mass is 32.2. The highest BCUT2D eigenvalue weighted by Gasteiger charge is 2.11. The lowest BCUT2D eigenvalue weighted by Crippen LogP contribution is -2.24. The van der Waals surface area contributed by atoms with Gasteiger partial charge in [0, 0.05) is 25.2 Å². The van der Waals surface area contributed by atoms with Crippen molar-refractivity contribution in [3.8, 4) is 0 Å². The standard InChI is InChI=1S/C21H24N2O4S/c1-17(24)23-20-11-8-18(9-12-20)10-13-21(25)22-14-5-15-28(26,27)16-19-6-3-2-4-7-19/h2-4,6-13H,5,14-16H2,1H3,(H,22,25)(H,23,24). The van der Waals surface area contributed by atoms with Crippen LogP contribution in [0.4, 0.5) is 5.69 Å². The summed E-state index contributed by atoms with van der Waals surface area (Å²) in [5.74, 6) is -0.396. The fraction of sp³-hybridized carbons (Fsp3) is 0.238. The van der Waals surface area contributed by atoms with Gasteiger partial charge >= 0.3 is 0 Å². The van der Waals surface area contributed by atoms with E-state index in [-0.39, 0.29) is 23.3 Å². The van der Waals surface area contributed by atoms with E-state index in [0.29, 0.717) is 18.7 Å². The fourth-order valence-corrected chi connectivity index (χ4v) is 3.94. The number of hydrogen-bond donors (Lipinski definition) is 2. The second-order valence-electron chi connectivity index (χ2n) is 6.36. The topological polar surface area (TPSA) is 92.3 Å². The third-order valence-corrected chi connectivity index (χ3v) is 5.50. The molecule has 0 aliphatic heterocycles. The number of amides is 2. The molecule has 0 radical (unpaired) electrons. The minimum Gasteiger partial charge on any atom is -0.353 e. The van der Waals surface area contributed by atoms with Gasteiger partial charge in [0.15, 0.2) is 9.84 Å². The van der Waals surface area contributed by atoms with Crippen LogP contribution in [0, 0.1) is 0 Å². The molecule has 28 heavy (non-hydrogen) atoms. The van der Waals surface area contributed by atoms with E-state index in [9.17, 15) is 18.0 Å². The van der Waals surface area contributed by atoms with Crippen molar-refractivity contribution in [1.29, 1.82) is 0 Å². The second-order valence-corrected chi connectivity index (χ2v) is 8.54. The number of benzene rings is 2. The summed E-state index contributed by atoms with van der Waals surface area (Å²) >= 11 is 0. The molecule has 2 amide bonds. The first-order valence-electron chi connectivity index (χ1n) is 8.92. The van der Waals surface area contributed by atoms with Gasteiger partial charge in [0.25, 0.3) is 0 Å². The van der Waals surface area contributed by atoms with E-state index in [1.165, 1.54) is 13.0 Å². The van der Waals surface area contributed by atoms with Crippen LogP contribution < -0.4 is 10.6 Å². The van der Waals surface area contributed by atoms with Gasteiger partial charge in [-0.2, -0.15) is 0 Å². The molecule has 2 N–H and O–H groups in total. The maximum atomic E-state index is 12.1. The highest BCUT2D eigenvalue weighted by molar-refractivity contribution is 7.90. The van der Waals surface area contributed by atoms with Gasteiger partial charge in [-0.3, -0.25) is 9.59 Å². The smallest absolute Gasteiger partial charge is 0.243 e. The molecule has 0 spiro atoms. The molecule has 148 valence electrons. The first-order chi connectivity index (χ1) is 13.3. The van der Waals surface area contributed by atoms with Crippen molar-refractivity contribution in [2.75, 3.05) is 17.6 Å². The van der Waals surface area contributed by atoms with Crippen molar-refractivity contribution in [1.82, 2.24) is 5.32 Å². The summed E-state index contributed by atoms with van der Waals surface area (Å²) in [5.41, 5.74) is 2.26. The van der Waals surface area contributed by atoms with Crippen LogP contribution in [0.5, 0.6) is 0 Å². The zero-order valence-electron chi connectivity index (χ0n) is 15.7. The monoisotopic (exact) mass is 400 g/mol. The maximum Gasteiger partial charge on any atom is 0.243 e. The van der Waals surface area contributed by atoms with Crippen LogP contribution in [0.25, 0.3) is 6.08 Å². The first-order valence-corrected chi connectivity index (χ1v) is 10.7. The van der Waals surface area contributed by atoms with Crippen molar-refractivity contribution >= 4 is 33.4 Å². The highest BCUT2D eigenvalue weighted by Crippen LogP contribution is 2.10. The predicted molar refractivity (Wildman–Crippen MR) is 111 cm³/mol. The van der Waals surface area contributed by atoms with Crippen molar-refractivity contribution in [3.63, 3.8) is 0 Å². The molecular weight excluding hydrogens is 376 g/mol. The second kappa shape index (κ2) is 10.4. The average molecular weight is 401 g/mol.